The van der Waals surface area contributed by atoms with Crippen molar-refractivity contribution in [1.29, 1.82) is 0 Å². The number of piperazine rings is 1. The first kappa shape index (κ1) is 10.7. The summed E-state index contributed by atoms with van der Waals surface area (Å²) in [5.41, 5.74) is 0. The molecule has 1 aliphatic rings. The molecule has 0 aromatic carbocycles. The van der Waals surface area contributed by atoms with Gasteiger partial charge in [-0.15, -0.1) is 0 Å². The van der Waals surface area contributed by atoms with Crippen molar-refractivity contribution in [3.8, 4) is 0 Å². The Hall–Kier alpha value is -1.42. The minimum atomic E-state index is -0.315. The standard InChI is InChI=1S/C10H14N2O2/c1-3-9(13)8-7-12(6-5-11-8)10(14)4-2/h3-4,8,11H,1-2,5-7H2. The molecule has 4 heteroatoms. The summed E-state index contributed by atoms with van der Waals surface area (Å²) in [6, 6.07) is -0.315. The van der Waals surface area contributed by atoms with Gasteiger partial charge in [-0.05, 0) is 12.2 Å². The van der Waals surface area contributed by atoms with E-state index in [1.807, 2.05) is 0 Å². The van der Waals surface area contributed by atoms with Crippen LogP contribution < -0.4 is 5.32 Å². The zero-order valence-corrected chi connectivity index (χ0v) is 8.03. The number of nitrogens with one attached hydrogen (secondary N) is 1. The number of nitrogens with zero attached hydrogens (tertiary/aromatic N) is 1. The Labute approximate surface area is 83.3 Å². The summed E-state index contributed by atoms with van der Waals surface area (Å²) in [5, 5.41) is 3.03. The van der Waals surface area contributed by atoms with Gasteiger partial charge in [0.2, 0.25) is 5.91 Å². The van der Waals surface area contributed by atoms with E-state index < -0.39 is 0 Å². The van der Waals surface area contributed by atoms with Crippen LogP contribution in [0.1, 0.15) is 0 Å². The van der Waals surface area contributed by atoms with Crippen LogP contribution in [0.2, 0.25) is 0 Å². The average Bonchev–Trinajstić information content (AvgIpc) is 2.27. The first-order valence-electron chi connectivity index (χ1n) is 4.50. The van der Waals surface area contributed by atoms with Gasteiger partial charge in [-0.2, -0.15) is 0 Å². The molecule has 0 saturated carbocycles. The van der Waals surface area contributed by atoms with Gasteiger partial charge in [-0.3, -0.25) is 9.59 Å². The van der Waals surface area contributed by atoms with Crippen molar-refractivity contribution < 1.29 is 9.59 Å². The molecule has 1 heterocycles. The van der Waals surface area contributed by atoms with Crippen LogP contribution in [0.3, 0.4) is 0 Å². The first-order valence-corrected chi connectivity index (χ1v) is 4.50. The Balaban J connectivity index is 2.59. The van der Waals surface area contributed by atoms with Crippen LogP contribution in [0.4, 0.5) is 0 Å². The van der Waals surface area contributed by atoms with E-state index in [4.69, 9.17) is 0 Å². The molecule has 0 bridgehead atoms. The minimum absolute atomic E-state index is 0.0773. The van der Waals surface area contributed by atoms with E-state index in [0.29, 0.717) is 19.6 Å². The Morgan fingerprint density at radius 3 is 2.64 bits per heavy atom. The molecule has 1 N–H and O–H groups in total. The van der Waals surface area contributed by atoms with Crippen molar-refractivity contribution in [3.05, 3.63) is 25.3 Å². The number of ketones is 1. The molecule has 1 fully saturated rings. The molecule has 0 aliphatic carbocycles. The van der Waals surface area contributed by atoms with E-state index in [1.54, 1.807) is 4.90 Å². The molecule has 0 aromatic rings. The number of hydrogen-bond acceptors (Lipinski definition) is 3. The highest BCUT2D eigenvalue weighted by Crippen LogP contribution is 2.01. The van der Waals surface area contributed by atoms with E-state index in [9.17, 15) is 9.59 Å². The summed E-state index contributed by atoms with van der Waals surface area (Å²) in [7, 11) is 0. The highest BCUT2D eigenvalue weighted by atomic mass is 16.2. The third kappa shape index (κ3) is 2.29. The van der Waals surface area contributed by atoms with Gasteiger partial charge in [0, 0.05) is 19.6 Å². The van der Waals surface area contributed by atoms with Crippen molar-refractivity contribution in [2.45, 2.75) is 6.04 Å². The second-order valence-corrected chi connectivity index (χ2v) is 3.10. The number of rotatable bonds is 3. The SMILES string of the molecule is C=CC(=O)C1CN(C(=O)C=C)CCN1. The summed E-state index contributed by atoms with van der Waals surface area (Å²) in [4.78, 5) is 24.2. The number of carbonyl (C=O) groups excluding carboxylic acids is 2. The number of amides is 1. The lowest BCUT2D eigenvalue weighted by atomic mass is 10.1. The predicted molar refractivity (Wildman–Crippen MR) is 53.8 cm³/mol. The third-order valence-electron chi connectivity index (χ3n) is 2.21. The van der Waals surface area contributed by atoms with Gasteiger partial charge in [0.1, 0.15) is 0 Å². The maximum absolute atomic E-state index is 11.3. The number of carbonyl (C=O) groups is 2. The van der Waals surface area contributed by atoms with Crippen LogP contribution in [0.15, 0.2) is 25.3 Å². The van der Waals surface area contributed by atoms with Gasteiger partial charge < -0.3 is 10.2 Å². The van der Waals surface area contributed by atoms with Crippen LogP contribution >= 0.6 is 0 Å². The summed E-state index contributed by atoms with van der Waals surface area (Å²) >= 11 is 0. The van der Waals surface area contributed by atoms with Crippen LogP contribution in [0.25, 0.3) is 0 Å². The predicted octanol–water partition coefficient (Wildman–Crippen LogP) is -0.272. The van der Waals surface area contributed by atoms with Crippen molar-refractivity contribution in [1.82, 2.24) is 10.2 Å². The maximum atomic E-state index is 11.3. The fraction of sp³-hybridized carbons (Fsp3) is 0.400. The van der Waals surface area contributed by atoms with Gasteiger partial charge in [0.15, 0.2) is 5.78 Å². The normalized spacial score (nSPS) is 21.4. The minimum Gasteiger partial charge on any atom is -0.336 e. The monoisotopic (exact) mass is 194 g/mol. The van der Waals surface area contributed by atoms with Gasteiger partial charge in [0.25, 0.3) is 0 Å². The summed E-state index contributed by atoms with van der Waals surface area (Å²) in [5.74, 6) is -0.208. The molecular formula is C10H14N2O2. The molecule has 1 saturated heterocycles. The smallest absolute Gasteiger partial charge is 0.246 e. The zero-order chi connectivity index (χ0) is 10.6. The van der Waals surface area contributed by atoms with E-state index in [0.717, 1.165) is 0 Å². The molecule has 14 heavy (non-hydrogen) atoms. The molecule has 1 atom stereocenters. The first-order chi connectivity index (χ1) is 6.69. The maximum Gasteiger partial charge on any atom is 0.246 e. The van der Waals surface area contributed by atoms with Crippen molar-refractivity contribution in [2.24, 2.45) is 0 Å². The molecule has 0 radical (unpaired) electrons. The highest BCUT2D eigenvalue weighted by Gasteiger charge is 2.24. The molecule has 1 amide bonds. The van der Waals surface area contributed by atoms with Gasteiger partial charge in [-0.1, -0.05) is 13.2 Å². The molecule has 76 valence electrons. The van der Waals surface area contributed by atoms with Crippen LogP contribution in [0, 0.1) is 0 Å². The van der Waals surface area contributed by atoms with Gasteiger partial charge in [-0.25, -0.2) is 0 Å². The Kier molecular flexibility index (Phi) is 3.59. The van der Waals surface area contributed by atoms with Crippen molar-refractivity contribution in [2.75, 3.05) is 19.6 Å². The second kappa shape index (κ2) is 4.72. The topological polar surface area (TPSA) is 49.4 Å². The third-order valence-corrected chi connectivity index (χ3v) is 2.21. The van der Waals surface area contributed by atoms with Gasteiger partial charge in [0.05, 0.1) is 6.04 Å². The molecule has 1 unspecified atom stereocenters. The fourth-order valence-corrected chi connectivity index (χ4v) is 1.41. The molecule has 4 nitrogen and oxygen atoms in total. The van der Waals surface area contributed by atoms with E-state index >= 15 is 0 Å². The second-order valence-electron chi connectivity index (χ2n) is 3.10. The van der Waals surface area contributed by atoms with E-state index in [2.05, 4.69) is 18.5 Å². The van der Waals surface area contributed by atoms with Crippen LogP contribution in [-0.2, 0) is 9.59 Å². The molecule has 0 spiro atoms. The summed E-state index contributed by atoms with van der Waals surface area (Å²) in [6.07, 6.45) is 2.54. The van der Waals surface area contributed by atoms with E-state index in [-0.39, 0.29) is 17.7 Å². The van der Waals surface area contributed by atoms with E-state index in [1.165, 1.54) is 12.2 Å². The highest BCUT2D eigenvalue weighted by molar-refractivity contribution is 5.95. The van der Waals surface area contributed by atoms with Crippen LogP contribution in [0.5, 0.6) is 0 Å². The quantitative estimate of drug-likeness (QED) is 0.629. The van der Waals surface area contributed by atoms with Crippen molar-refractivity contribution in [3.63, 3.8) is 0 Å². The van der Waals surface area contributed by atoms with Gasteiger partial charge >= 0.3 is 0 Å². The molecule has 1 rings (SSSR count). The molecule has 0 aromatic heterocycles. The summed E-state index contributed by atoms with van der Waals surface area (Å²) in [6.45, 7) is 8.47. The lowest BCUT2D eigenvalue weighted by Crippen LogP contribution is -2.55. The fourth-order valence-electron chi connectivity index (χ4n) is 1.41. The van der Waals surface area contributed by atoms with Crippen molar-refractivity contribution >= 4 is 11.7 Å². The Morgan fingerprint density at radius 2 is 2.07 bits per heavy atom. The number of hydrogen-bond donors (Lipinski definition) is 1. The average molecular weight is 194 g/mol. The molecular weight excluding hydrogens is 180 g/mol. The zero-order valence-electron chi connectivity index (χ0n) is 8.03. The van der Waals surface area contributed by atoms with Crippen LogP contribution in [-0.4, -0.2) is 42.3 Å². The Bertz CT molecular complexity index is 247. The lowest BCUT2D eigenvalue weighted by Gasteiger charge is -2.31. The Morgan fingerprint density at radius 1 is 1.36 bits per heavy atom. The largest absolute Gasteiger partial charge is 0.336 e. The molecule has 1 aliphatic heterocycles. The summed E-state index contributed by atoms with van der Waals surface area (Å²) < 4.78 is 0. The lowest BCUT2D eigenvalue weighted by molar-refractivity contribution is -0.128.